The molecule has 0 spiro atoms. The van der Waals surface area contributed by atoms with Crippen LogP contribution in [-0.4, -0.2) is 21.4 Å². The highest BCUT2D eigenvalue weighted by Crippen LogP contribution is 2.31. The van der Waals surface area contributed by atoms with Crippen LogP contribution in [0.15, 0.2) is 42.7 Å². The molecule has 2 aromatic heterocycles. The summed E-state index contributed by atoms with van der Waals surface area (Å²) in [6.45, 7) is 1.99. The van der Waals surface area contributed by atoms with Crippen molar-refractivity contribution in [2.24, 2.45) is 0 Å². The molecule has 0 radical (unpaired) electrons. The van der Waals surface area contributed by atoms with Crippen LogP contribution in [0.25, 0.3) is 16.9 Å². The van der Waals surface area contributed by atoms with Crippen molar-refractivity contribution in [2.45, 2.75) is 6.92 Å². The zero-order valence-corrected chi connectivity index (χ0v) is 11.6. The summed E-state index contributed by atoms with van der Waals surface area (Å²) in [7, 11) is 1.41. The normalized spacial score (nSPS) is 10.8. The zero-order valence-electron chi connectivity index (χ0n) is 11.6. The summed E-state index contributed by atoms with van der Waals surface area (Å²) in [4.78, 5) is 15.1. The van der Waals surface area contributed by atoms with E-state index in [2.05, 4.69) is 4.98 Å². The molecule has 21 heavy (non-hydrogen) atoms. The summed E-state index contributed by atoms with van der Waals surface area (Å²) >= 11 is 0. The average molecular weight is 283 g/mol. The fraction of sp³-hybridized carbons (Fsp3) is 0.133. The van der Waals surface area contributed by atoms with Crippen LogP contribution in [0.5, 0.6) is 5.75 Å². The number of hydrogen-bond acceptors (Lipinski definition) is 4. The van der Waals surface area contributed by atoms with Gasteiger partial charge in [-0.1, -0.05) is 0 Å². The molecule has 0 aliphatic carbocycles. The number of pyridine rings is 1. The van der Waals surface area contributed by atoms with Gasteiger partial charge in [0, 0.05) is 24.0 Å². The van der Waals surface area contributed by atoms with Gasteiger partial charge < -0.3 is 9.14 Å². The molecule has 1 aromatic carbocycles. The summed E-state index contributed by atoms with van der Waals surface area (Å²) in [6, 6.07) is 8.77. The van der Waals surface area contributed by atoms with Crippen LogP contribution in [0.4, 0.5) is 5.69 Å². The van der Waals surface area contributed by atoms with Crippen LogP contribution < -0.4 is 4.74 Å². The Hall–Kier alpha value is -2.89. The maximum Gasteiger partial charge on any atom is 0.311 e. The number of fused-ring (bicyclic) bond motifs is 1. The van der Waals surface area contributed by atoms with Gasteiger partial charge in [0.1, 0.15) is 5.65 Å². The molecular weight excluding hydrogens is 270 g/mol. The summed E-state index contributed by atoms with van der Waals surface area (Å²) in [5, 5.41) is 11.1. The van der Waals surface area contributed by atoms with Crippen molar-refractivity contribution in [1.82, 2.24) is 9.38 Å². The van der Waals surface area contributed by atoms with Crippen molar-refractivity contribution in [3.63, 3.8) is 0 Å². The number of aryl methyl sites for hydroxylation is 1. The van der Waals surface area contributed by atoms with Gasteiger partial charge in [0.05, 0.1) is 17.7 Å². The fourth-order valence-corrected chi connectivity index (χ4v) is 2.21. The van der Waals surface area contributed by atoms with Gasteiger partial charge in [-0.25, -0.2) is 4.98 Å². The third kappa shape index (κ3) is 2.31. The van der Waals surface area contributed by atoms with E-state index >= 15 is 0 Å². The lowest BCUT2D eigenvalue weighted by Gasteiger charge is -2.02. The lowest BCUT2D eigenvalue weighted by atomic mass is 10.1. The molecule has 0 aliphatic heterocycles. The summed E-state index contributed by atoms with van der Waals surface area (Å²) in [5.74, 6) is 0.239. The summed E-state index contributed by atoms with van der Waals surface area (Å²) in [6.07, 6.45) is 3.76. The third-order valence-electron chi connectivity index (χ3n) is 3.29. The number of nitrogens with zero attached hydrogens (tertiary/aromatic N) is 3. The van der Waals surface area contributed by atoms with E-state index in [9.17, 15) is 10.1 Å². The van der Waals surface area contributed by atoms with Gasteiger partial charge in [-0.2, -0.15) is 0 Å². The fourth-order valence-electron chi connectivity index (χ4n) is 2.21. The van der Waals surface area contributed by atoms with Crippen LogP contribution in [0, 0.1) is 17.0 Å². The number of benzene rings is 1. The van der Waals surface area contributed by atoms with Gasteiger partial charge in [0.25, 0.3) is 0 Å². The van der Waals surface area contributed by atoms with Crippen LogP contribution in [0.3, 0.4) is 0 Å². The molecule has 3 aromatic rings. The Kier molecular flexibility index (Phi) is 3.06. The SMILES string of the molecule is COc1ccc(-c2cn3ccc(C)cc3n2)cc1[N+](=O)[O-]. The second-order valence-corrected chi connectivity index (χ2v) is 4.74. The second kappa shape index (κ2) is 4.90. The molecule has 3 rings (SSSR count). The van der Waals surface area contributed by atoms with E-state index in [0.29, 0.717) is 11.3 Å². The Labute approximate surface area is 120 Å². The highest BCUT2D eigenvalue weighted by atomic mass is 16.6. The van der Waals surface area contributed by atoms with Crippen LogP contribution in [0.1, 0.15) is 5.56 Å². The van der Waals surface area contributed by atoms with Crippen LogP contribution >= 0.6 is 0 Å². The van der Waals surface area contributed by atoms with Crippen molar-refractivity contribution in [3.05, 3.63) is 58.4 Å². The third-order valence-corrected chi connectivity index (χ3v) is 3.29. The molecule has 0 unspecified atom stereocenters. The molecule has 0 saturated heterocycles. The Bertz CT molecular complexity index is 839. The Morgan fingerprint density at radius 1 is 1.29 bits per heavy atom. The van der Waals surface area contributed by atoms with Crippen LogP contribution in [0.2, 0.25) is 0 Å². The minimum absolute atomic E-state index is 0.0664. The van der Waals surface area contributed by atoms with Crippen molar-refractivity contribution < 1.29 is 9.66 Å². The minimum Gasteiger partial charge on any atom is -0.490 e. The molecule has 6 nitrogen and oxygen atoms in total. The van der Waals surface area contributed by atoms with E-state index in [1.807, 2.05) is 35.9 Å². The second-order valence-electron chi connectivity index (χ2n) is 4.74. The average Bonchev–Trinajstić information content (AvgIpc) is 2.89. The summed E-state index contributed by atoms with van der Waals surface area (Å²) < 4.78 is 6.89. The summed E-state index contributed by atoms with van der Waals surface area (Å²) in [5.41, 5.74) is 3.22. The maximum absolute atomic E-state index is 11.1. The van der Waals surface area contributed by atoms with E-state index in [1.165, 1.54) is 13.2 Å². The monoisotopic (exact) mass is 283 g/mol. The van der Waals surface area contributed by atoms with Gasteiger partial charge in [0.2, 0.25) is 0 Å². The molecule has 0 bridgehead atoms. The first-order valence-corrected chi connectivity index (χ1v) is 6.36. The standard InChI is InChI=1S/C15H13N3O3/c1-10-5-6-17-9-12(16-15(17)7-10)11-3-4-14(21-2)13(8-11)18(19)20/h3-9H,1-2H3. The predicted octanol–water partition coefficient (Wildman–Crippen LogP) is 3.23. The molecule has 0 aliphatic rings. The molecule has 106 valence electrons. The molecule has 6 heteroatoms. The van der Waals surface area contributed by atoms with Gasteiger partial charge in [-0.05, 0) is 36.8 Å². The van der Waals surface area contributed by atoms with E-state index in [1.54, 1.807) is 12.1 Å². The number of nitro benzene ring substituents is 1. The maximum atomic E-state index is 11.1. The molecule has 0 N–H and O–H groups in total. The first-order valence-electron chi connectivity index (χ1n) is 6.36. The largest absolute Gasteiger partial charge is 0.490 e. The van der Waals surface area contributed by atoms with Crippen molar-refractivity contribution in [1.29, 1.82) is 0 Å². The predicted molar refractivity (Wildman–Crippen MR) is 78.6 cm³/mol. The number of nitro groups is 1. The quantitative estimate of drug-likeness (QED) is 0.546. The van der Waals surface area contributed by atoms with E-state index in [0.717, 1.165) is 11.2 Å². The highest BCUT2D eigenvalue weighted by molar-refractivity contribution is 5.68. The number of imidazole rings is 1. The van der Waals surface area contributed by atoms with Crippen molar-refractivity contribution in [3.8, 4) is 17.0 Å². The van der Waals surface area contributed by atoms with Gasteiger partial charge in [-0.3, -0.25) is 10.1 Å². The smallest absolute Gasteiger partial charge is 0.311 e. The van der Waals surface area contributed by atoms with Gasteiger partial charge >= 0.3 is 5.69 Å². The number of ether oxygens (including phenoxy) is 1. The van der Waals surface area contributed by atoms with Crippen molar-refractivity contribution >= 4 is 11.3 Å². The first kappa shape index (κ1) is 13.1. The van der Waals surface area contributed by atoms with Crippen molar-refractivity contribution in [2.75, 3.05) is 7.11 Å². The molecule has 0 saturated carbocycles. The number of hydrogen-bond donors (Lipinski definition) is 0. The van der Waals surface area contributed by atoms with E-state index in [4.69, 9.17) is 4.74 Å². The Balaban J connectivity index is 2.13. The van der Waals surface area contributed by atoms with Gasteiger partial charge in [-0.15, -0.1) is 0 Å². The molecule has 0 amide bonds. The minimum atomic E-state index is -0.456. The Morgan fingerprint density at radius 2 is 2.10 bits per heavy atom. The van der Waals surface area contributed by atoms with E-state index in [-0.39, 0.29) is 11.4 Å². The molecule has 0 fully saturated rings. The first-order chi connectivity index (χ1) is 10.1. The molecule has 0 atom stereocenters. The van der Waals surface area contributed by atoms with E-state index < -0.39 is 4.92 Å². The highest BCUT2D eigenvalue weighted by Gasteiger charge is 2.17. The molecular formula is C15H13N3O3. The lowest BCUT2D eigenvalue weighted by molar-refractivity contribution is -0.385. The van der Waals surface area contributed by atoms with Gasteiger partial charge in [0.15, 0.2) is 5.75 Å². The topological polar surface area (TPSA) is 69.7 Å². The number of methoxy groups -OCH3 is 1. The zero-order chi connectivity index (χ0) is 15.0. The lowest BCUT2D eigenvalue weighted by Crippen LogP contribution is -1.94. The van der Waals surface area contributed by atoms with Crippen LogP contribution in [-0.2, 0) is 0 Å². The number of rotatable bonds is 3. The Morgan fingerprint density at radius 3 is 2.81 bits per heavy atom. The molecule has 2 heterocycles. The number of aromatic nitrogens is 2.